The van der Waals surface area contributed by atoms with E-state index in [1.807, 2.05) is 38.1 Å². The van der Waals surface area contributed by atoms with Crippen molar-refractivity contribution in [2.24, 2.45) is 5.73 Å². The van der Waals surface area contributed by atoms with Crippen LogP contribution in [0.25, 0.3) is 11.0 Å². The van der Waals surface area contributed by atoms with E-state index < -0.39 is 12.0 Å². The molecule has 96 valence electrons. The van der Waals surface area contributed by atoms with E-state index in [0.717, 1.165) is 16.7 Å². The minimum atomic E-state index is -0.677. The lowest BCUT2D eigenvalue weighted by Crippen LogP contribution is -2.30. The molecule has 2 N–H and O–H groups in total. The Morgan fingerprint density at radius 1 is 1.28 bits per heavy atom. The Balaban J connectivity index is 2.51. The van der Waals surface area contributed by atoms with E-state index in [9.17, 15) is 4.79 Å². The van der Waals surface area contributed by atoms with Crippen LogP contribution in [0.3, 0.4) is 0 Å². The molecule has 1 aromatic heterocycles. The van der Waals surface area contributed by atoms with Crippen LogP contribution in [0, 0.1) is 0 Å². The molecule has 1 aromatic carbocycles. The zero-order valence-corrected chi connectivity index (χ0v) is 10.8. The van der Waals surface area contributed by atoms with Gasteiger partial charge < -0.3 is 14.9 Å². The van der Waals surface area contributed by atoms with Crippen LogP contribution in [0.2, 0.25) is 0 Å². The number of carbonyl (C=O) groups is 1. The van der Waals surface area contributed by atoms with Crippen molar-refractivity contribution in [3.8, 4) is 5.75 Å². The molecule has 4 nitrogen and oxygen atoms in total. The Kier molecular flexibility index (Phi) is 3.28. The van der Waals surface area contributed by atoms with E-state index >= 15 is 0 Å². The summed E-state index contributed by atoms with van der Waals surface area (Å²) < 4.78 is 11.4. The first-order valence-electron chi connectivity index (χ1n) is 5.98. The highest BCUT2D eigenvalue weighted by molar-refractivity contribution is 5.86. The van der Waals surface area contributed by atoms with E-state index in [1.165, 1.54) is 0 Å². The Hall–Kier alpha value is -1.97. The van der Waals surface area contributed by atoms with Crippen LogP contribution in [0.5, 0.6) is 5.75 Å². The smallest absolute Gasteiger partial charge is 0.258 e. The molecule has 18 heavy (non-hydrogen) atoms. The lowest BCUT2D eigenvalue weighted by molar-refractivity contribution is -0.123. The van der Waals surface area contributed by atoms with Gasteiger partial charge in [-0.25, -0.2) is 0 Å². The molecule has 0 aliphatic rings. The topological polar surface area (TPSA) is 65.5 Å². The highest BCUT2D eigenvalue weighted by atomic mass is 16.5. The number of amides is 1. The number of benzene rings is 1. The van der Waals surface area contributed by atoms with E-state index in [1.54, 1.807) is 6.92 Å². The molecule has 2 rings (SSSR count). The van der Waals surface area contributed by atoms with Gasteiger partial charge in [-0.05, 0) is 19.1 Å². The second-order valence-electron chi connectivity index (χ2n) is 4.61. The van der Waals surface area contributed by atoms with Gasteiger partial charge in [0.25, 0.3) is 5.91 Å². The standard InChI is InChI=1S/C14H17NO3/c1-8(2)12-13(17-9(3)14(15)16)10-6-4-5-7-11(10)18-12/h4-9H,1-3H3,(H2,15,16). The second kappa shape index (κ2) is 4.72. The van der Waals surface area contributed by atoms with Crippen molar-refractivity contribution in [1.82, 2.24) is 0 Å². The van der Waals surface area contributed by atoms with Crippen molar-refractivity contribution < 1.29 is 13.9 Å². The van der Waals surface area contributed by atoms with Crippen molar-refractivity contribution in [2.45, 2.75) is 32.8 Å². The van der Waals surface area contributed by atoms with Gasteiger partial charge >= 0.3 is 0 Å². The predicted molar refractivity (Wildman–Crippen MR) is 69.6 cm³/mol. The highest BCUT2D eigenvalue weighted by Crippen LogP contribution is 2.37. The molecule has 0 aliphatic heterocycles. The third-order valence-electron chi connectivity index (χ3n) is 2.80. The summed E-state index contributed by atoms with van der Waals surface area (Å²) in [6.45, 7) is 5.66. The summed E-state index contributed by atoms with van der Waals surface area (Å²) >= 11 is 0. The monoisotopic (exact) mass is 247 g/mol. The number of hydrogen-bond donors (Lipinski definition) is 1. The molecule has 0 radical (unpaired) electrons. The largest absolute Gasteiger partial charge is 0.477 e. The molecule has 0 fully saturated rings. The maximum absolute atomic E-state index is 11.1. The Labute approximate surface area is 106 Å². The van der Waals surface area contributed by atoms with Crippen LogP contribution in [0.4, 0.5) is 0 Å². The van der Waals surface area contributed by atoms with Gasteiger partial charge in [0, 0.05) is 5.92 Å². The van der Waals surface area contributed by atoms with Crippen molar-refractivity contribution in [3.63, 3.8) is 0 Å². The molecule has 1 amide bonds. The van der Waals surface area contributed by atoms with Gasteiger partial charge in [0.15, 0.2) is 11.9 Å². The van der Waals surface area contributed by atoms with Gasteiger partial charge in [-0.2, -0.15) is 0 Å². The summed E-state index contributed by atoms with van der Waals surface area (Å²) in [6.07, 6.45) is -0.677. The third kappa shape index (κ3) is 2.18. The normalized spacial score (nSPS) is 12.9. The van der Waals surface area contributed by atoms with Gasteiger partial charge in [-0.3, -0.25) is 4.79 Å². The van der Waals surface area contributed by atoms with Crippen molar-refractivity contribution in [3.05, 3.63) is 30.0 Å². The quantitative estimate of drug-likeness (QED) is 0.903. The number of nitrogens with two attached hydrogens (primary N) is 1. The summed E-state index contributed by atoms with van der Waals surface area (Å²) in [7, 11) is 0. The van der Waals surface area contributed by atoms with Gasteiger partial charge in [-0.15, -0.1) is 0 Å². The van der Waals surface area contributed by atoms with Crippen LogP contribution >= 0.6 is 0 Å². The van der Waals surface area contributed by atoms with Crippen LogP contribution in [-0.4, -0.2) is 12.0 Å². The number of rotatable bonds is 4. The van der Waals surface area contributed by atoms with Crippen molar-refractivity contribution in [2.75, 3.05) is 0 Å². The molecule has 1 heterocycles. The summed E-state index contributed by atoms with van der Waals surface area (Å²) in [6, 6.07) is 7.59. The number of primary amides is 1. The summed E-state index contributed by atoms with van der Waals surface area (Å²) in [5.74, 6) is 1.04. The average molecular weight is 247 g/mol. The molecular weight excluding hydrogens is 230 g/mol. The Morgan fingerprint density at radius 3 is 2.56 bits per heavy atom. The number of carbonyl (C=O) groups excluding carboxylic acids is 1. The number of hydrogen-bond acceptors (Lipinski definition) is 3. The SMILES string of the molecule is CC(Oc1c(C(C)C)oc2ccccc12)C(N)=O. The van der Waals surface area contributed by atoms with Gasteiger partial charge in [0.2, 0.25) is 0 Å². The Bertz CT molecular complexity index is 571. The lowest BCUT2D eigenvalue weighted by atomic mass is 10.1. The molecule has 1 unspecified atom stereocenters. The van der Waals surface area contributed by atoms with E-state index in [0.29, 0.717) is 5.75 Å². The Morgan fingerprint density at radius 2 is 1.94 bits per heavy atom. The molecule has 0 saturated heterocycles. The van der Waals surface area contributed by atoms with Gasteiger partial charge in [-0.1, -0.05) is 26.0 Å². The summed E-state index contributed by atoms with van der Waals surface area (Å²) in [5, 5.41) is 0.870. The third-order valence-corrected chi connectivity index (χ3v) is 2.80. The first-order chi connectivity index (χ1) is 8.50. The number of para-hydroxylation sites is 1. The number of ether oxygens (including phenoxy) is 1. The van der Waals surface area contributed by atoms with Crippen LogP contribution in [0.1, 0.15) is 32.4 Å². The minimum absolute atomic E-state index is 0.174. The fraction of sp³-hybridized carbons (Fsp3) is 0.357. The second-order valence-corrected chi connectivity index (χ2v) is 4.61. The molecule has 0 bridgehead atoms. The zero-order chi connectivity index (χ0) is 13.3. The molecule has 0 aliphatic carbocycles. The van der Waals surface area contributed by atoms with Crippen LogP contribution in [0.15, 0.2) is 28.7 Å². The number of furan rings is 1. The average Bonchev–Trinajstić information content (AvgIpc) is 2.68. The fourth-order valence-corrected chi connectivity index (χ4v) is 1.78. The first kappa shape index (κ1) is 12.5. The molecule has 0 spiro atoms. The summed E-state index contributed by atoms with van der Waals surface area (Å²) in [5.41, 5.74) is 5.99. The maximum atomic E-state index is 11.1. The number of fused-ring (bicyclic) bond motifs is 1. The van der Waals surface area contributed by atoms with Crippen LogP contribution in [-0.2, 0) is 4.79 Å². The first-order valence-corrected chi connectivity index (χ1v) is 5.98. The summed E-state index contributed by atoms with van der Waals surface area (Å²) in [4.78, 5) is 11.1. The lowest BCUT2D eigenvalue weighted by Gasteiger charge is -2.12. The predicted octanol–water partition coefficient (Wildman–Crippen LogP) is 2.81. The van der Waals surface area contributed by atoms with Gasteiger partial charge in [0.05, 0.1) is 5.39 Å². The van der Waals surface area contributed by atoms with E-state index in [4.69, 9.17) is 14.9 Å². The molecule has 1 atom stereocenters. The molecule has 0 saturated carbocycles. The van der Waals surface area contributed by atoms with Crippen molar-refractivity contribution in [1.29, 1.82) is 0 Å². The fourth-order valence-electron chi connectivity index (χ4n) is 1.78. The van der Waals surface area contributed by atoms with Crippen LogP contribution < -0.4 is 10.5 Å². The minimum Gasteiger partial charge on any atom is -0.477 e. The maximum Gasteiger partial charge on any atom is 0.258 e. The van der Waals surface area contributed by atoms with E-state index in [2.05, 4.69) is 0 Å². The highest BCUT2D eigenvalue weighted by Gasteiger charge is 2.21. The van der Waals surface area contributed by atoms with Crippen molar-refractivity contribution >= 4 is 16.9 Å². The van der Waals surface area contributed by atoms with Gasteiger partial charge in [0.1, 0.15) is 11.3 Å². The molecule has 4 heteroatoms. The molecular formula is C14H17NO3. The van der Waals surface area contributed by atoms with E-state index in [-0.39, 0.29) is 5.92 Å². The molecule has 2 aromatic rings. The zero-order valence-electron chi connectivity index (χ0n) is 10.8.